The topological polar surface area (TPSA) is 54.9 Å². The van der Waals surface area contributed by atoms with Crippen LogP contribution in [0, 0.1) is 5.92 Å². The molecule has 98 valence electrons. The lowest BCUT2D eigenvalue weighted by atomic mass is 9.97. The van der Waals surface area contributed by atoms with E-state index in [0.29, 0.717) is 11.6 Å². The van der Waals surface area contributed by atoms with Crippen molar-refractivity contribution in [3.63, 3.8) is 0 Å². The van der Waals surface area contributed by atoms with Gasteiger partial charge in [-0.2, -0.15) is 0 Å². The molecule has 0 aromatic carbocycles. The molecule has 1 N–H and O–H groups in total. The van der Waals surface area contributed by atoms with Crippen LogP contribution in [-0.4, -0.2) is 21.9 Å². The molecule has 5 heteroatoms. The van der Waals surface area contributed by atoms with E-state index in [4.69, 9.17) is 11.6 Å². The normalized spacial score (nSPS) is 24.3. The molecular weight excluding hydrogens is 250 g/mol. The first-order valence-corrected chi connectivity index (χ1v) is 6.83. The lowest BCUT2D eigenvalue weighted by Crippen LogP contribution is -2.39. The van der Waals surface area contributed by atoms with E-state index in [2.05, 4.69) is 22.2 Å². The molecule has 0 aliphatic heterocycles. The van der Waals surface area contributed by atoms with Crippen LogP contribution in [0.2, 0.25) is 5.15 Å². The predicted molar refractivity (Wildman–Crippen MR) is 70.5 cm³/mol. The highest BCUT2D eigenvalue weighted by Crippen LogP contribution is 2.23. The first kappa shape index (κ1) is 13.3. The van der Waals surface area contributed by atoms with Crippen LogP contribution in [0.4, 0.5) is 0 Å². The molecule has 1 amide bonds. The van der Waals surface area contributed by atoms with Gasteiger partial charge in [-0.15, -0.1) is 0 Å². The van der Waals surface area contributed by atoms with E-state index in [0.717, 1.165) is 6.42 Å². The number of rotatable bonds is 2. The van der Waals surface area contributed by atoms with Gasteiger partial charge in [0.1, 0.15) is 10.8 Å². The summed E-state index contributed by atoms with van der Waals surface area (Å²) in [6.07, 6.45) is 8.77. The van der Waals surface area contributed by atoms with Gasteiger partial charge in [-0.05, 0) is 18.8 Å². The van der Waals surface area contributed by atoms with Crippen LogP contribution in [0.1, 0.15) is 49.5 Å². The van der Waals surface area contributed by atoms with Gasteiger partial charge in [0.05, 0.1) is 12.4 Å². The molecule has 18 heavy (non-hydrogen) atoms. The molecule has 2 atom stereocenters. The lowest BCUT2D eigenvalue weighted by molar-refractivity contribution is 0.0916. The monoisotopic (exact) mass is 267 g/mol. The van der Waals surface area contributed by atoms with Gasteiger partial charge >= 0.3 is 0 Å². The summed E-state index contributed by atoms with van der Waals surface area (Å²) in [5.41, 5.74) is 0.291. The minimum atomic E-state index is -0.177. The van der Waals surface area contributed by atoms with Crippen molar-refractivity contribution in [1.29, 1.82) is 0 Å². The van der Waals surface area contributed by atoms with Gasteiger partial charge in [0, 0.05) is 6.04 Å². The Morgan fingerprint density at radius 1 is 1.33 bits per heavy atom. The third-order valence-corrected chi connectivity index (χ3v) is 3.70. The fourth-order valence-electron chi connectivity index (χ4n) is 2.40. The minimum absolute atomic E-state index is 0.177. The van der Waals surface area contributed by atoms with Gasteiger partial charge in [0.25, 0.3) is 5.91 Å². The van der Waals surface area contributed by atoms with Gasteiger partial charge < -0.3 is 5.32 Å². The van der Waals surface area contributed by atoms with Gasteiger partial charge in [0.2, 0.25) is 0 Å². The Labute approximate surface area is 112 Å². The molecule has 1 heterocycles. The zero-order valence-electron chi connectivity index (χ0n) is 10.5. The number of hydrogen-bond donors (Lipinski definition) is 1. The number of hydrogen-bond acceptors (Lipinski definition) is 3. The summed E-state index contributed by atoms with van der Waals surface area (Å²) < 4.78 is 0. The number of nitrogens with zero attached hydrogens (tertiary/aromatic N) is 2. The Hall–Kier alpha value is -1.16. The molecular formula is C13H18ClN3O. The molecule has 2 rings (SSSR count). The largest absolute Gasteiger partial charge is 0.348 e. The average Bonchev–Trinajstić information content (AvgIpc) is 2.55. The van der Waals surface area contributed by atoms with Gasteiger partial charge in [-0.3, -0.25) is 9.78 Å². The van der Waals surface area contributed by atoms with Crippen LogP contribution in [0.5, 0.6) is 0 Å². The molecule has 1 saturated carbocycles. The van der Waals surface area contributed by atoms with Crippen LogP contribution in [-0.2, 0) is 0 Å². The number of carbonyl (C=O) groups is 1. The van der Waals surface area contributed by atoms with Crippen LogP contribution in [0.15, 0.2) is 12.4 Å². The number of halogens is 1. The molecule has 1 aromatic heterocycles. The molecule has 0 radical (unpaired) electrons. The van der Waals surface area contributed by atoms with Crippen molar-refractivity contribution in [2.24, 2.45) is 5.92 Å². The molecule has 1 aromatic rings. The van der Waals surface area contributed by atoms with Crippen molar-refractivity contribution in [3.05, 3.63) is 23.2 Å². The standard InChI is InChI=1S/C13H18ClN3O/c1-9-5-3-2-4-6-10(9)17-13(18)11-7-15-8-12(14)16-11/h7-10H,2-6H2,1H3,(H,17,18). The van der Waals surface area contributed by atoms with Crippen LogP contribution >= 0.6 is 11.6 Å². The first-order chi connectivity index (χ1) is 8.66. The van der Waals surface area contributed by atoms with E-state index in [9.17, 15) is 4.79 Å². The van der Waals surface area contributed by atoms with Crippen molar-refractivity contribution in [1.82, 2.24) is 15.3 Å². The highest BCUT2D eigenvalue weighted by molar-refractivity contribution is 6.29. The summed E-state index contributed by atoms with van der Waals surface area (Å²) in [6, 6.07) is 0.237. The van der Waals surface area contributed by atoms with E-state index in [1.54, 1.807) is 0 Å². The van der Waals surface area contributed by atoms with E-state index in [-0.39, 0.29) is 17.1 Å². The smallest absolute Gasteiger partial charge is 0.271 e. The SMILES string of the molecule is CC1CCCCCC1NC(=O)c1cncc(Cl)n1. The second-order valence-electron chi connectivity index (χ2n) is 4.92. The second kappa shape index (κ2) is 6.14. The maximum absolute atomic E-state index is 12.1. The van der Waals surface area contributed by atoms with Crippen molar-refractivity contribution < 1.29 is 4.79 Å². The molecule has 1 aliphatic carbocycles. The summed E-state index contributed by atoms with van der Waals surface area (Å²) in [4.78, 5) is 19.9. The summed E-state index contributed by atoms with van der Waals surface area (Å²) in [6.45, 7) is 2.19. The third-order valence-electron chi connectivity index (χ3n) is 3.52. The van der Waals surface area contributed by atoms with Crippen LogP contribution in [0.25, 0.3) is 0 Å². The van der Waals surface area contributed by atoms with E-state index < -0.39 is 0 Å². The third kappa shape index (κ3) is 3.42. The number of amides is 1. The van der Waals surface area contributed by atoms with Crippen molar-refractivity contribution in [2.75, 3.05) is 0 Å². The summed E-state index contributed by atoms with van der Waals surface area (Å²) >= 11 is 5.73. The van der Waals surface area contributed by atoms with Crippen LogP contribution in [0.3, 0.4) is 0 Å². The fourth-order valence-corrected chi connectivity index (χ4v) is 2.55. The molecule has 2 unspecified atom stereocenters. The zero-order chi connectivity index (χ0) is 13.0. The Balaban J connectivity index is 2.01. The fraction of sp³-hybridized carbons (Fsp3) is 0.615. The predicted octanol–water partition coefficient (Wildman–Crippen LogP) is 2.83. The Morgan fingerprint density at radius 2 is 2.11 bits per heavy atom. The van der Waals surface area contributed by atoms with Gasteiger partial charge in [-0.25, -0.2) is 4.98 Å². The molecule has 1 fully saturated rings. The Kier molecular flexibility index (Phi) is 4.53. The molecule has 1 aliphatic rings. The Bertz CT molecular complexity index is 424. The second-order valence-corrected chi connectivity index (χ2v) is 5.31. The quantitative estimate of drug-likeness (QED) is 0.839. The van der Waals surface area contributed by atoms with E-state index in [1.807, 2.05) is 0 Å². The minimum Gasteiger partial charge on any atom is -0.348 e. The molecule has 0 saturated heterocycles. The molecule has 0 bridgehead atoms. The van der Waals surface area contributed by atoms with E-state index >= 15 is 0 Å². The van der Waals surface area contributed by atoms with Crippen molar-refractivity contribution in [3.8, 4) is 0 Å². The Morgan fingerprint density at radius 3 is 2.89 bits per heavy atom. The number of nitrogens with one attached hydrogen (secondary N) is 1. The highest BCUT2D eigenvalue weighted by Gasteiger charge is 2.22. The summed E-state index contributed by atoms with van der Waals surface area (Å²) in [5.74, 6) is 0.340. The van der Waals surface area contributed by atoms with Crippen molar-refractivity contribution in [2.45, 2.75) is 45.1 Å². The number of aromatic nitrogens is 2. The van der Waals surface area contributed by atoms with Gasteiger partial charge in [-0.1, -0.05) is 37.8 Å². The van der Waals surface area contributed by atoms with Crippen LogP contribution < -0.4 is 5.32 Å². The van der Waals surface area contributed by atoms with E-state index in [1.165, 1.54) is 38.1 Å². The average molecular weight is 268 g/mol. The summed E-state index contributed by atoms with van der Waals surface area (Å²) in [7, 11) is 0. The first-order valence-electron chi connectivity index (χ1n) is 6.45. The summed E-state index contributed by atoms with van der Waals surface area (Å²) in [5, 5.41) is 3.30. The van der Waals surface area contributed by atoms with Gasteiger partial charge in [0.15, 0.2) is 0 Å². The maximum Gasteiger partial charge on any atom is 0.271 e. The molecule has 4 nitrogen and oxygen atoms in total. The maximum atomic E-state index is 12.1. The van der Waals surface area contributed by atoms with Crippen molar-refractivity contribution >= 4 is 17.5 Å². The lowest BCUT2D eigenvalue weighted by Gasteiger charge is -2.22. The molecule has 0 spiro atoms. The number of carbonyl (C=O) groups excluding carboxylic acids is 1. The highest BCUT2D eigenvalue weighted by atomic mass is 35.5. The zero-order valence-corrected chi connectivity index (χ0v) is 11.3.